The van der Waals surface area contributed by atoms with Gasteiger partial charge >= 0.3 is 5.97 Å². The molecule has 100 valence electrons. The van der Waals surface area contributed by atoms with Crippen molar-refractivity contribution in [2.24, 2.45) is 0 Å². The average Bonchev–Trinajstić information content (AvgIpc) is 3.07. The molecule has 0 atom stereocenters. The van der Waals surface area contributed by atoms with Gasteiger partial charge in [-0.05, 0) is 30.5 Å². The Morgan fingerprint density at radius 2 is 1.95 bits per heavy atom. The van der Waals surface area contributed by atoms with Crippen molar-refractivity contribution in [2.75, 3.05) is 0 Å². The van der Waals surface area contributed by atoms with E-state index in [1.54, 1.807) is 46.9 Å². The maximum atomic E-state index is 10.9. The lowest BCUT2D eigenvalue weighted by Crippen LogP contribution is -1.94. The lowest BCUT2D eigenvalue weighted by atomic mass is 10.1. The Hall–Kier alpha value is -1.98. The van der Waals surface area contributed by atoms with Gasteiger partial charge in [-0.25, -0.2) is 9.78 Å². The van der Waals surface area contributed by atoms with E-state index in [0.717, 1.165) is 21.1 Å². The molecular formula is C15H11NO2S2. The Morgan fingerprint density at radius 3 is 2.55 bits per heavy atom. The van der Waals surface area contributed by atoms with Crippen LogP contribution in [0, 0.1) is 6.92 Å². The number of nitrogens with zero attached hydrogens (tertiary/aromatic N) is 1. The van der Waals surface area contributed by atoms with Crippen LogP contribution in [0.15, 0.2) is 41.8 Å². The zero-order valence-electron chi connectivity index (χ0n) is 10.7. The summed E-state index contributed by atoms with van der Waals surface area (Å²) in [6.45, 7) is 2.06. The standard InChI is InChI=1S/C15H11NO2S2/c1-9-13(12-3-2-8-19-12)16-14(20-9)10-4-6-11(7-5-10)15(17)18/h2-8H,1H3,(H,17,18). The van der Waals surface area contributed by atoms with Gasteiger partial charge in [0.05, 0.1) is 16.1 Å². The molecule has 2 aromatic heterocycles. The first-order chi connectivity index (χ1) is 9.65. The van der Waals surface area contributed by atoms with E-state index in [2.05, 4.69) is 18.0 Å². The molecule has 3 nitrogen and oxygen atoms in total. The zero-order chi connectivity index (χ0) is 14.1. The van der Waals surface area contributed by atoms with Crippen molar-refractivity contribution >= 4 is 28.6 Å². The third kappa shape index (κ3) is 2.37. The molecule has 0 aliphatic heterocycles. The minimum atomic E-state index is -0.911. The quantitative estimate of drug-likeness (QED) is 0.772. The molecular weight excluding hydrogens is 290 g/mol. The van der Waals surface area contributed by atoms with Crippen LogP contribution < -0.4 is 0 Å². The molecule has 2 heterocycles. The Balaban J connectivity index is 1.99. The van der Waals surface area contributed by atoms with Crippen LogP contribution in [0.1, 0.15) is 15.2 Å². The summed E-state index contributed by atoms with van der Waals surface area (Å²) >= 11 is 3.30. The van der Waals surface area contributed by atoms with E-state index in [4.69, 9.17) is 5.11 Å². The van der Waals surface area contributed by atoms with Gasteiger partial charge in [0.15, 0.2) is 0 Å². The second-order valence-corrected chi connectivity index (χ2v) is 6.43. The van der Waals surface area contributed by atoms with Gasteiger partial charge in [-0.15, -0.1) is 22.7 Å². The molecule has 0 aliphatic carbocycles. The molecule has 0 fully saturated rings. The third-order valence-electron chi connectivity index (χ3n) is 2.93. The first kappa shape index (κ1) is 13.0. The first-order valence-corrected chi connectivity index (χ1v) is 7.70. The highest BCUT2D eigenvalue weighted by molar-refractivity contribution is 7.17. The fourth-order valence-corrected chi connectivity index (χ4v) is 3.69. The number of benzene rings is 1. The largest absolute Gasteiger partial charge is 0.478 e. The van der Waals surface area contributed by atoms with Gasteiger partial charge < -0.3 is 5.11 Å². The summed E-state index contributed by atoms with van der Waals surface area (Å²) < 4.78 is 0. The van der Waals surface area contributed by atoms with E-state index in [1.165, 1.54) is 4.88 Å². The summed E-state index contributed by atoms with van der Waals surface area (Å²) in [7, 11) is 0. The highest BCUT2D eigenvalue weighted by atomic mass is 32.1. The molecule has 0 amide bonds. The summed E-state index contributed by atoms with van der Waals surface area (Å²) in [6.07, 6.45) is 0. The van der Waals surface area contributed by atoms with E-state index in [1.807, 2.05) is 11.4 Å². The number of hydrogen-bond donors (Lipinski definition) is 1. The Labute approximate surface area is 124 Å². The molecule has 1 N–H and O–H groups in total. The van der Waals surface area contributed by atoms with Gasteiger partial charge in [-0.2, -0.15) is 0 Å². The molecule has 0 radical (unpaired) electrons. The molecule has 0 saturated carbocycles. The number of carboxylic acid groups (broad SMARTS) is 1. The van der Waals surface area contributed by atoms with Crippen molar-refractivity contribution < 1.29 is 9.90 Å². The highest BCUT2D eigenvalue weighted by Gasteiger charge is 2.12. The molecule has 0 unspecified atom stereocenters. The molecule has 1 aromatic carbocycles. The van der Waals surface area contributed by atoms with E-state index >= 15 is 0 Å². The van der Waals surface area contributed by atoms with Gasteiger partial charge in [-0.3, -0.25) is 0 Å². The Morgan fingerprint density at radius 1 is 1.20 bits per heavy atom. The van der Waals surface area contributed by atoms with Crippen molar-refractivity contribution in [3.05, 3.63) is 52.2 Å². The number of aromatic carboxylic acids is 1. The number of carbonyl (C=O) groups is 1. The fourth-order valence-electron chi connectivity index (χ4n) is 1.92. The van der Waals surface area contributed by atoms with Gasteiger partial charge in [0.25, 0.3) is 0 Å². The van der Waals surface area contributed by atoms with Crippen LogP contribution in [0.2, 0.25) is 0 Å². The van der Waals surface area contributed by atoms with Crippen molar-refractivity contribution in [3.8, 4) is 21.1 Å². The normalized spacial score (nSPS) is 10.7. The van der Waals surface area contributed by atoms with Crippen LogP contribution in [0.25, 0.3) is 21.1 Å². The molecule has 3 aromatic rings. The number of rotatable bonds is 3. The molecule has 0 aliphatic rings. The Bertz CT molecular complexity index is 743. The second-order valence-electron chi connectivity index (χ2n) is 4.28. The maximum Gasteiger partial charge on any atom is 0.335 e. The van der Waals surface area contributed by atoms with Crippen LogP contribution in [-0.2, 0) is 0 Å². The van der Waals surface area contributed by atoms with Gasteiger partial charge in [0, 0.05) is 10.4 Å². The minimum Gasteiger partial charge on any atom is -0.478 e. The maximum absolute atomic E-state index is 10.9. The van der Waals surface area contributed by atoms with E-state index in [9.17, 15) is 4.79 Å². The minimum absolute atomic E-state index is 0.292. The predicted octanol–water partition coefficient (Wildman–Crippen LogP) is 4.55. The summed E-state index contributed by atoms with van der Waals surface area (Å²) in [5, 5.41) is 11.9. The molecule has 3 rings (SSSR count). The monoisotopic (exact) mass is 301 g/mol. The lowest BCUT2D eigenvalue weighted by Gasteiger charge is -1.97. The van der Waals surface area contributed by atoms with Crippen molar-refractivity contribution in [1.82, 2.24) is 4.98 Å². The van der Waals surface area contributed by atoms with E-state index in [0.29, 0.717) is 5.56 Å². The zero-order valence-corrected chi connectivity index (χ0v) is 12.3. The molecule has 0 spiro atoms. The van der Waals surface area contributed by atoms with Crippen LogP contribution >= 0.6 is 22.7 Å². The summed E-state index contributed by atoms with van der Waals surface area (Å²) in [4.78, 5) is 17.9. The van der Waals surface area contributed by atoms with Crippen molar-refractivity contribution in [2.45, 2.75) is 6.92 Å². The second kappa shape index (κ2) is 5.19. The van der Waals surface area contributed by atoms with Gasteiger partial charge in [0.2, 0.25) is 0 Å². The third-order valence-corrected chi connectivity index (χ3v) is 4.83. The van der Waals surface area contributed by atoms with E-state index in [-0.39, 0.29) is 0 Å². The summed E-state index contributed by atoms with van der Waals surface area (Å²) in [5.41, 5.74) is 2.26. The fraction of sp³-hybridized carbons (Fsp3) is 0.0667. The molecule has 5 heteroatoms. The highest BCUT2D eigenvalue weighted by Crippen LogP contribution is 2.35. The SMILES string of the molecule is Cc1sc(-c2ccc(C(=O)O)cc2)nc1-c1cccs1. The number of hydrogen-bond acceptors (Lipinski definition) is 4. The van der Waals surface area contributed by atoms with Crippen LogP contribution in [0.3, 0.4) is 0 Å². The lowest BCUT2D eigenvalue weighted by molar-refractivity contribution is 0.0697. The van der Waals surface area contributed by atoms with Crippen LogP contribution in [-0.4, -0.2) is 16.1 Å². The number of thiophene rings is 1. The molecule has 20 heavy (non-hydrogen) atoms. The first-order valence-electron chi connectivity index (χ1n) is 6.00. The molecule has 0 saturated heterocycles. The molecule has 0 bridgehead atoms. The van der Waals surface area contributed by atoms with Crippen LogP contribution in [0.4, 0.5) is 0 Å². The van der Waals surface area contributed by atoms with Crippen LogP contribution in [0.5, 0.6) is 0 Å². The van der Waals surface area contributed by atoms with E-state index < -0.39 is 5.97 Å². The summed E-state index contributed by atoms with van der Waals surface area (Å²) in [6, 6.07) is 10.9. The number of aromatic nitrogens is 1. The predicted molar refractivity (Wildman–Crippen MR) is 82.6 cm³/mol. The number of aryl methyl sites for hydroxylation is 1. The smallest absolute Gasteiger partial charge is 0.335 e. The van der Waals surface area contributed by atoms with Gasteiger partial charge in [-0.1, -0.05) is 18.2 Å². The number of carboxylic acids is 1. The average molecular weight is 301 g/mol. The van der Waals surface area contributed by atoms with Crippen molar-refractivity contribution in [3.63, 3.8) is 0 Å². The Kier molecular flexibility index (Phi) is 3.38. The van der Waals surface area contributed by atoms with Gasteiger partial charge in [0.1, 0.15) is 5.01 Å². The topological polar surface area (TPSA) is 50.2 Å². The number of thiazole rings is 1. The van der Waals surface area contributed by atoms with Crippen molar-refractivity contribution in [1.29, 1.82) is 0 Å². The summed E-state index contributed by atoms with van der Waals surface area (Å²) in [5.74, 6) is -0.911.